The minimum Gasteiger partial charge on any atom is -0.353 e. The van der Waals surface area contributed by atoms with Crippen molar-refractivity contribution in [1.29, 1.82) is 0 Å². The van der Waals surface area contributed by atoms with E-state index in [9.17, 15) is 9.18 Å². The second-order valence-electron chi connectivity index (χ2n) is 8.50. The van der Waals surface area contributed by atoms with Crippen LogP contribution in [0.5, 0.6) is 0 Å². The molecule has 0 bridgehead atoms. The van der Waals surface area contributed by atoms with Crippen molar-refractivity contribution < 1.29 is 14.0 Å². The number of benzene rings is 3. The molecule has 1 saturated heterocycles. The van der Waals surface area contributed by atoms with Crippen LogP contribution in [0.1, 0.15) is 34.9 Å². The summed E-state index contributed by atoms with van der Waals surface area (Å²) in [6, 6.07) is 21.2. The highest BCUT2D eigenvalue weighted by Crippen LogP contribution is 2.35. The molecule has 0 aliphatic carbocycles. The highest BCUT2D eigenvalue weighted by atomic mass is 19.1. The third-order valence-electron chi connectivity index (χ3n) is 6.20. The van der Waals surface area contributed by atoms with Gasteiger partial charge in [-0.3, -0.25) is 19.6 Å². The number of nitrogens with one attached hydrogen (secondary N) is 3. The van der Waals surface area contributed by atoms with Gasteiger partial charge < -0.3 is 5.32 Å². The van der Waals surface area contributed by atoms with Gasteiger partial charge >= 0.3 is 0 Å². The molecule has 1 aliphatic heterocycles. The predicted molar refractivity (Wildman–Crippen MR) is 129 cm³/mol. The number of aromatic nitrogens is 2. The van der Waals surface area contributed by atoms with Crippen LogP contribution in [-0.4, -0.2) is 40.7 Å². The minimum absolute atomic E-state index is 0.111. The van der Waals surface area contributed by atoms with Crippen molar-refractivity contribution >= 4 is 28.2 Å². The molecule has 2 unspecified atom stereocenters. The van der Waals surface area contributed by atoms with E-state index in [1.165, 1.54) is 6.07 Å². The van der Waals surface area contributed by atoms with Crippen molar-refractivity contribution in [3.8, 4) is 0 Å². The van der Waals surface area contributed by atoms with Crippen molar-refractivity contribution in [2.24, 2.45) is 0 Å². The van der Waals surface area contributed by atoms with Crippen molar-refractivity contribution in [3.63, 3.8) is 0 Å². The molecule has 1 fully saturated rings. The van der Waals surface area contributed by atoms with Crippen LogP contribution in [0.15, 0.2) is 72.8 Å². The third-order valence-corrected chi connectivity index (χ3v) is 6.20. The lowest BCUT2D eigenvalue weighted by Gasteiger charge is -2.37. The summed E-state index contributed by atoms with van der Waals surface area (Å²) in [5, 5.41) is 11.7. The summed E-state index contributed by atoms with van der Waals surface area (Å²) in [4.78, 5) is 20.6. The fourth-order valence-electron chi connectivity index (χ4n) is 4.48. The molecule has 0 radical (unpaired) electrons. The Hall–Kier alpha value is -3.75. The number of piperidine rings is 1. The van der Waals surface area contributed by atoms with Gasteiger partial charge in [-0.1, -0.05) is 30.3 Å². The number of fused-ring (bicyclic) bond motifs is 1. The number of rotatable bonds is 6. The Labute approximate surface area is 196 Å². The monoisotopic (exact) mass is 459 g/mol. The van der Waals surface area contributed by atoms with Gasteiger partial charge in [0.25, 0.3) is 5.91 Å². The molecule has 2 atom stereocenters. The highest BCUT2D eigenvalue weighted by Gasteiger charge is 2.34. The lowest BCUT2D eigenvalue weighted by Crippen LogP contribution is -2.44. The first-order valence-electron chi connectivity index (χ1n) is 11.3. The van der Waals surface area contributed by atoms with Gasteiger partial charge in [-0.05, 0) is 68.9 Å². The van der Waals surface area contributed by atoms with Crippen LogP contribution in [0.4, 0.5) is 15.8 Å². The first kappa shape index (κ1) is 22.1. The fourth-order valence-corrected chi connectivity index (χ4v) is 4.48. The zero-order valence-corrected chi connectivity index (χ0v) is 18.8. The van der Waals surface area contributed by atoms with E-state index in [1.54, 1.807) is 30.3 Å². The Balaban J connectivity index is 1.36. The number of hydrogen-bond acceptors (Lipinski definition) is 5. The zero-order chi connectivity index (χ0) is 23.5. The Morgan fingerprint density at radius 3 is 2.74 bits per heavy atom. The van der Waals surface area contributed by atoms with Crippen molar-refractivity contribution in [3.05, 3.63) is 89.9 Å². The maximum atomic E-state index is 14.0. The molecule has 1 amide bonds. The van der Waals surface area contributed by atoms with Crippen LogP contribution in [-0.2, 0) is 4.84 Å². The highest BCUT2D eigenvalue weighted by molar-refractivity contribution is 5.93. The maximum Gasteiger partial charge on any atom is 0.274 e. The molecule has 1 aliphatic rings. The molecule has 3 aromatic carbocycles. The number of hydrogen-bond donors (Lipinski definition) is 3. The maximum absolute atomic E-state index is 14.0. The molecule has 8 heteroatoms. The van der Waals surface area contributed by atoms with Crippen LogP contribution in [0.2, 0.25) is 0 Å². The Morgan fingerprint density at radius 2 is 1.91 bits per heavy atom. The number of aromatic amines is 1. The van der Waals surface area contributed by atoms with Crippen LogP contribution in [0.25, 0.3) is 10.9 Å². The van der Waals surface area contributed by atoms with Crippen LogP contribution < -0.4 is 10.8 Å². The third kappa shape index (κ3) is 4.50. The van der Waals surface area contributed by atoms with Crippen LogP contribution in [0, 0.1) is 5.82 Å². The summed E-state index contributed by atoms with van der Waals surface area (Å²) >= 11 is 0. The number of hydroxylamine groups is 1. The second-order valence-corrected chi connectivity index (χ2v) is 8.50. The summed E-state index contributed by atoms with van der Waals surface area (Å²) in [7, 11) is 2.04. The number of carbonyl (C=O) groups excluding carboxylic acids is 1. The smallest absolute Gasteiger partial charge is 0.274 e. The number of likely N-dealkylation sites (N-methyl/N-ethyl adjacent to an activating group) is 1. The normalized spacial score (nSPS) is 18.6. The van der Waals surface area contributed by atoms with Gasteiger partial charge in [-0.25, -0.2) is 9.87 Å². The van der Waals surface area contributed by atoms with Crippen LogP contribution >= 0.6 is 0 Å². The van der Waals surface area contributed by atoms with Gasteiger partial charge in [0.2, 0.25) is 0 Å². The molecule has 3 N–H and O–H groups in total. The minimum atomic E-state index is -0.313. The number of anilines is 2. The van der Waals surface area contributed by atoms with Gasteiger partial charge in [0.15, 0.2) is 0 Å². The molecule has 2 heterocycles. The average Bonchev–Trinajstić information content (AvgIpc) is 3.27. The molecule has 0 saturated carbocycles. The second kappa shape index (κ2) is 9.62. The molecule has 174 valence electrons. The first-order valence-corrected chi connectivity index (χ1v) is 11.3. The van der Waals surface area contributed by atoms with Gasteiger partial charge in [-0.2, -0.15) is 5.10 Å². The van der Waals surface area contributed by atoms with E-state index in [-0.39, 0.29) is 23.9 Å². The number of H-pyrrole nitrogens is 1. The first-order chi connectivity index (χ1) is 16.6. The molecule has 4 aromatic rings. The summed E-state index contributed by atoms with van der Waals surface area (Å²) in [5.41, 5.74) is 6.02. The van der Waals surface area contributed by atoms with Gasteiger partial charge in [0, 0.05) is 16.6 Å². The molecular weight excluding hydrogens is 433 g/mol. The zero-order valence-electron chi connectivity index (χ0n) is 18.8. The number of likely N-dealkylation sites (tertiary alicyclic amines) is 1. The largest absolute Gasteiger partial charge is 0.353 e. The number of halogens is 1. The number of carbonyl (C=O) groups is 1. The Morgan fingerprint density at radius 1 is 1.12 bits per heavy atom. The van der Waals surface area contributed by atoms with Crippen molar-refractivity contribution in [2.45, 2.75) is 25.0 Å². The predicted octanol–water partition coefficient (Wildman–Crippen LogP) is 4.94. The molecule has 1 aromatic heterocycles. The lowest BCUT2D eigenvalue weighted by molar-refractivity contribution is -0.0759. The standard InChI is InChI=1S/C26H26FN5O2/c1-32-15-7-12-23(34-31-26(33)17-8-3-2-4-9-17)25(32)24-19-14-13-18(16-22(19)29-30-24)28-21-11-6-5-10-20(21)27/h2-6,8-11,13-14,16,23,25,28H,7,12,15H2,1H3,(H,29,30)(H,31,33). The summed E-state index contributed by atoms with van der Waals surface area (Å²) in [6.45, 7) is 0.907. The van der Waals surface area contributed by atoms with Gasteiger partial charge in [0.1, 0.15) is 11.9 Å². The van der Waals surface area contributed by atoms with E-state index in [0.29, 0.717) is 11.3 Å². The van der Waals surface area contributed by atoms with Crippen LogP contribution in [0.3, 0.4) is 0 Å². The summed E-state index contributed by atoms with van der Waals surface area (Å²) < 4.78 is 14.0. The van der Waals surface area contributed by atoms with E-state index < -0.39 is 0 Å². The molecule has 7 nitrogen and oxygen atoms in total. The fraction of sp³-hybridized carbons (Fsp3) is 0.231. The molecule has 34 heavy (non-hydrogen) atoms. The molecule has 5 rings (SSSR count). The Bertz CT molecular complexity index is 1290. The van der Waals surface area contributed by atoms with Crippen molar-refractivity contribution in [1.82, 2.24) is 20.6 Å². The summed E-state index contributed by atoms with van der Waals surface area (Å²) in [5.74, 6) is -0.586. The quantitative estimate of drug-likeness (QED) is 0.356. The van der Waals surface area contributed by atoms with Gasteiger partial charge in [0.05, 0.1) is 22.9 Å². The number of nitrogens with zero attached hydrogens (tertiary/aromatic N) is 2. The van der Waals surface area contributed by atoms with Crippen molar-refractivity contribution in [2.75, 3.05) is 18.9 Å². The number of amides is 1. The van der Waals surface area contributed by atoms with Gasteiger partial charge in [-0.15, -0.1) is 0 Å². The lowest BCUT2D eigenvalue weighted by atomic mass is 9.95. The van der Waals surface area contributed by atoms with E-state index in [4.69, 9.17) is 4.84 Å². The van der Waals surface area contributed by atoms with E-state index in [0.717, 1.165) is 41.7 Å². The molecule has 0 spiro atoms. The summed E-state index contributed by atoms with van der Waals surface area (Å²) in [6.07, 6.45) is 1.52. The SMILES string of the molecule is CN1CCCC(ONC(=O)c2ccccc2)C1c1[nH]nc2cc(Nc3ccccc3F)ccc12. The van der Waals surface area contributed by atoms with E-state index in [1.807, 2.05) is 43.4 Å². The topological polar surface area (TPSA) is 82.3 Å². The van der Waals surface area contributed by atoms with E-state index >= 15 is 0 Å². The number of para-hydroxylation sites is 1. The average molecular weight is 460 g/mol. The van der Waals surface area contributed by atoms with E-state index in [2.05, 4.69) is 25.9 Å². The Kier molecular flexibility index (Phi) is 6.24. The molecular formula is C26H26FN5O2.